The predicted octanol–water partition coefficient (Wildman–Crippen LogP) is 1.97. The van der Waals surface area contributed by atoms with E-state index in [-0.39, 0.29) is 17.7 Å². The Hall–Kier alpha value is -1.86. The molecule has 1 atom stereocenters. The molecule has 0 radical (unpaired) electrons. The topological polar surface area (TPSA) is 93.5 Å². The Morgan fingerprint density at radius 2 is 2.25 bits per heavy atom. The van der Waals surface area contributed by atoms with E-state index in [0.29, 0.717) is 17.9 Å². The minimum Gasteiger partial charge on any atom is -0.381 e. The highest BCUT2D eigenvalue weighted by Crippen LogP contribution is 2.27. The molecule has 2 rings (SSSR count). The number of hydrogen-bond donors (Lipinski definition) is 2. The molecule has 1 fully saturated rings. The third-order valence-electron chi connectivity index (χ3n) is 2.92. The number of amides is 1. The fourth-order valence-electron chi connectivity index (χ4n) is 1.76. The van der Waals surface area contributed by atoms with E-state index in [1.807, 2.05) is 0 Å². The van der Waals surface area contributed by atoms with Crippen LogP contribution in [0.5, 0.6) is 0 Å². The van der Waals surface area contributed by atoms with Gasteiger partial charge in [0.05, 0.1) is 22.4 Å². The van der Waals surface area contributed by atoms with Crippen LogP contribution < -0.4 is 10.6 Å². The van der Waals surface area contributed by atoms with Crippen LogP contribution in [-0.4, -0.2) is 36.0 Å². The van der Waals surface area contributed by atoms with Crippen molar-refractivity contribution < 1.29 is 14.5 Å². The fraction of sp³-hybridized carbons (Fsp3) is 0.417. The molecule has 1 aromatic carbocycles. The van der Waals surface area contributed by atoms with E-state index in [0.717, 1.165) is 13.0 Å². The number of non-ortho nitro benzene ring substituents is 1. The molecule has 0 bridgehead atoms. The third-order valence-corrected chi connectivity index (χ3v) is 3.17. The zero-order valence-electron chi connectivity index (χ0n) is 10.6. The van der Waals surface area contributed by atoms with E-state index in [1.54, 1.807) is 6.07 Å². The number of nitrogens with one attached hydrogen (secondary N) is 2. The van der Waals surface area contributed by atoms with Gasteiger partial charge in [0.15, 0.2) is 0 Å². The molecular weight excluding hydrogens is 286 g/mol. The SMILES string of the molecule is O=C(CCl)Nc1cc([N+](=O)[O-])ccc1NCC1CCO1. The molecule has 1 heterocycles. The maximum absolute atomic E-state index is 11.4. The first kappa shape index (κ1) is 14.5. The lowest BCUT2D eigenvalue weighted by Gasteiger charge is -2.27. The van der Waals surface area contributed by atoms with Crippen LogP contribution in [0.15, 0.2) is 18.2 Å². The van der Waals surface area contributed by atoms with Crippen molar-refractivity contribution in [3.63, 3.8) is 0 Å². The molecule has 0 spiro atoms. The van der Waals surface area contributed by atoms with Crippen LogP contribution in [0.1, 0.15) is 6.42 Å². The Morgan fingerprint density at radius 3 is 2.80 bits per heavy atom. The monoisotopic (exact) mass is 299 g/mol. The lowest BCUT2D eigenvalue weighted by atomic mass is 10.1. The van der Waals surface area contributed by atoms with E-state index in [9.17, 15) is 14.9 Å². The standard InChI is InChI=1S/C12H14ClN3O4/c13-6-12(17)15-11-5-8(16(18)19)1-2-10(11)14-7-9-3-4-20-9/h1-2,5,9,14H,3-4,6-7H2,(H,15,17). The van der Waals surface area contributed by atoms with E-state index in [4.69, 9.17) is 16.3 Å². The lowest BCUT2D eigenvalue weighted by molar-refractivity contribution is -0.384. The van der Waals surface area contributed by atoms with Gasteiger partial charge in [-0.3, -0.25) is 14.9 Å². The van der Waals surface area contributed by atoms with Crippen molar-refractivity contribution in [2.24, 2.45) is 0 Å². The number of anilines is 2. The van der Waals surface area contributed by atoms with Gasteiger partial charge in [0.25, 0.3) is 5.69 Å². The van der Waals surface area contributed by atoms with Crippen LogP contribution in [0.2, 0.25) is 0 Å². The van der Waals surface area contributed by atoms with Gasteiger partial charge in [-0.2, -0.15) is 0 Å². The highest BCUT2D eigenvalue weighted by atomic mass is 35.5. The van der Waals surface area contributed by atoms with Gasteiger partial charge in [-0.1, -0.05) is 0 Å². The average Bonchev–Trinajstić information content (AvgIpc) is 2.38. The molecule has 1 unspecified atom stereocenters. The molecule has 20 heavy (non-hydrogen) atoms. The highest BCUT2D eigenvalue weighted by Gasteiger charge is 2.19. The molecule has 1 saturated heterocycles. The molecule has 1 aliphatic rings. The second kappa shape index (κ2) is 6.53. The van der Waals surface area contributed by atoms with Gasteiger partial charge in [0.2, 0.25) is 5.91 Å². The minimum atomic E-state index is -0.519. The van der Waals surface area contributed by atoms with Crippen molar-refractivity contribution >= 4 is 34.6 Å². The van der Waals surface area contributed by atoms with Crippen molar-refractivity contribution in [3.8, 4) is 0 Å². The van der Waals surface area contributed by atoms with Gasteiger partial charge in [0.1, 0.15) is 5.88 Å². The number of nitro benzene ring substituents is 1. The van der Waals surface area contributed by atoms with Crippen molar-refractivity contribution in [2.75, 3.05) is 29.7 Å². The third kappa shape index (κ3) is 3.58. The molecule has 1 aromatic rings. The Morgan fingerprint density at radius 1 is 1.50 bits per heavy atom. The minimum absolute atomic E-state index is 0.0969. The van der Waals surface area contributed by atoms with Crippen molar-refractivity contribution in [2.45, 2.75) is 12.5 Å². The zero-order chi connectivity index (χ0) is 14.5. The summed E-state index contributed by atoms with van der Waals surface area (Å²) in [5, 5.41) is 16.4. The van der Waals surface area contributed by atoms with Crippen molar-refractivity contribution in [1.29, 1.82) is 0 Å². The summed E-state index contributed by atoms with van der Waals surface area (Å²) < 4.78 is 5.28. The number of halogens is 1. The lowest BCUT2D eigenvalue weighted by Crippen LogP contribution is -2.33. The molecule has 0 aromatic heterocycles. The Kier molecular flexibility index (Phi) is 4.75. The first-order valence-corrected chi connectivity index (χ1v) is 6.63. The summed E-state index contributed by atoms with van der Waals surface area (Å²) in [7, 11) is 0. The number of hydrogen-bond acceptors (Lipinski definition) is 5. The quantitative estimate of drug-likeness (QED) is 0.476. The van der Waals surface area contributed by atoms with Crippen molar-refractivity contribution in [3.05, 3.63) is 28.3 Å². The summed E-state index contributed by atoms with van der Waals surface area (Å²) in [6.45, 7) is 1.34. The van der Waals surface area contributed by atoms with Crippen LogP contribution in [-0.2, 0) is 9.53 Å². The van der Waals surface area contributed by atoms with Crippen LogP contribution in [0.3, 0.4) is 0 Å². The number of nitro groups is 1. The second-order valence-electron chi connectivity index (χ2n) is 4.33. The van der Waals surface area contributed by atoms with Gasteiger partial charge < -0.3 is 15.4 Å². The molecule has 1 amide bonds. The van der Waals surface area contributed by atoms with E-state index >= 15 is 0 Å². The zero-order valence-corrected chi connectivity index (χ0v) is 11.4. The molecular formula is C12H14ClN3O4. The molecule has 2 N–H and O–H groups in total. The van der Waals surface area contributed by atoms with Crippen LogP contribution >= 0.6 is 11.6 Å². The maximum atomic E-state index is 11.4. The number of carbonyl (C=O) groups excluding carboxylic acids is 1. The first-order chi connectivity index (χ1) is 9.60. The van der Waals surface area contributed by atoms with Crippen LogP contribution in [0.25, 0.3) is 0 Å². The van der Waals surface area contributed by atoms with E-state index in [1.165, 1.54) is 12.1 Å². The number of ether oxygens (including phenoxy) is 1. The summed E-state index contributed by atoms with van der Waals surface area (Å²) in [4.78, 5) is 21.6. The number of alkyl halides is 1. The summed E-state index contributed by atoms with van der Waals surface area (Å²) >= 11 is 5.43. The fourth-order valence-corrected chi connectivity index (χ4v) is 1.82. The number of rotatable bonds is 6. The average molecular weight is 300 g/mol. The Bertz CT molecular complexity index is 519. The smallest absolute Gasteiger partial charge is 0.271 e. The van der Waals surface area contributed by atoms with Gasteiger partial charge >= 0.3 is 0 Å². The molecule has 1 aliphatic heterocycles. The van der Waals surface area contributed by atoms with E-state index in [2.05, 4.69) is 10.6 Å². The number of carbonyl (C=O) groups is 1. The summed E-state index contributed by atoms with van der Waals surface area (Å²) in [5.41, 5.74) is 0.842. The predicted molar refractivity (Wildman–Crippen MR) is 75.3 cm³/mol. The summed E-state index contributed by atoms with van der Waals surface area (Å²) in [6, 6.07) is 4.23. The van der Waals surface area contributed by atoms with Gasteiger partial charge in [-0.25, -0.2) is 0 Å². The molecule has 7 nitrogen and oxygen atoms in total. The van der Waals surface area contributed by atoms with Gasteiger partial charge in [0, 0.05) is 25.3 Å². The molecule has 8 heteroatoms. The van der Waals surface area contributed by atoms with Gasteiger partial charge in [-0.05, 0) is 12.5 Å². The van der Waals surface area contributed by atoms with Gasteiger partial charge in [-0.15, -0.1) is 11.6 Å². The number of nitrogens with zero attached hydrogens (tertiary/aromatic N) is 1. The second-order valence-corrected chi connectivity index (χ2v) is 4.60. The van der Waals surface area contributed by atoms with Crippen molar-refractivity contribution in [1.82, 2.24) is 0 Å². The maximum Gasteiger partial charge on any atom is 0.271 e. The van der Waals surface area contributed by atoms with Crippen LogP contribution in [0.4, 0.5) is 17.1 Å². The molecule has 0 saturated carbocycles. The summed E-state index contributed by atoms with van der Waals surface area (Å²) in [6.07, 6.45) is 1.12. The molecule has 0 aliphatic carbocycles. The van der Waals surface area contributed by atoms with Crippen LogP contribution in [0, 0.1) is 10.1 Å². The Balaban J connectivity index is 2.14. The normalized spacial score (nSPS) is 17.1. The van der Waals surface area contributed by atoms with E-state index < -0.39 is 10.8 Å². The number of benzene rings is 1. The largest absolute Gasteiger partial charge is 0.381 e. The summed E-state index contributed by atoms with van der Waals surface area (Å²) in [5.74, 6) is -0.636. The first-order valence-electron chi connectivity index (χ1n) is 6.10. The highest BCUT2D eigenvalue weighted by molar-refractivity contribution is 6.29. The Labute approximate surface area is 120 Å². The molecule has 108 valence electrons.